The molecule has 0 aromatic carbocycles. The van der Waals surface area contributed by atoms with Crippen LogP contribution in [0.3, 0.4) is 0 Å². The van der Waals surface area contributed by atoms with Crippen molar-refractivity contribution >= 4 is 5.78 Å². The Hall–Kier alpha value is -0.370. The lowest BCUT2D eigenvalue weighted by Gasteiger charge is -1.96. The molecule has 0 spiro atoms. The molecule has 0 aliphatic rings. The zero-order valence-corrected chi connectivity index (χ0v) is 4.77. The predicted molar refractivity (Wildman–Crippen MR) is 28.9 cm³/mol. The molecule has 0 bridgehead atoms. The minimum absolute atomic E-state index is 0.0255. The van der Waals surface area contributed by atoms with Crippen LogP contribution in [0.4, 0.5) is 0 Å². The van der Waals surface area contributed by atoms with E-state index in [9.17, 15) is 4.79 Å². The Labute approximate surface area is 43.7 Å². The van der Waals surface area contributed by atoms with Gasteiger partial charge in [-0.2, -0.15) is 0 Å². The van der Waals surface area contributed by atoms with E-state index in [0.717, 1.165) is 0 Å². The molecule has 0 saturated heterocycles. The lowest BCUT2D eigenvalue weighted by Crippen LogP contribution is -2.17. The molecule has 0 saturated carbocycles. The van der Waals surface area contributed by atoms with Crippen LogP contribution in [0.25, 0.3) is 0 Å². The topological polar surface area (TPSA) is 43.1 Å². The molecule has 0 amide bonds. The molecule has 0 unspecified atom stereocenters. The number of carbonyl (C=O) groups excluding carboxylic acids is 1. The number of nitrogens with two attached hydrogens (primary N) is 1. The molecule has 0 rings (SSSR count). The van der Waals surface area contributed by atoms with Crippen LogP contribution in [0.1, 0.15) is 20.3 Å². The fraction of sp³-hybridized carbons (Fsp3) is 0.800. The Balaban J connectivity index is 3.13. The van der Waals surface area contributed by atoms with Crippen molar-refractivity contribution in [2.24, 2.45) is 5.73 Å². The molecule has 0 heterocycles. The van der Waals surface area contributed by atoms with Gasteiger partial charge < -0.3 is 5.73 Å². The first kappa shape index (κ1) is 6.63. The highest BCUT2D eigenvalue weighted by Gasteiger charge is 1.95. The SMILES string of the molecule is CC(=O)C[C@@H](C)N. The minimum atomic E-state index is 0.0255. The molecular formula is C5H11NO. The van der Waals surface area contributed by atoms with Crippen LogP contribution in [-0.4, -0.2) is 11.8 Å². The zero-order valence-electron chi connectivity index (χ0n) is 4.77. The molecule has 0 aromatic heterocycles. The number of hydrogen-bond donors (Lipinski definition) is 1. The molecule has 0 aliphatic carbocycles. The van der Waals surface area contributed by atoms with Crippen LogP contribution in [0.2, 0.25) is 0 Å². The Morgan fingerprint density at radius 2 is 2.29 bits per heavy atom. The normalized spacial score (nSPS) is 13.6. The Morgan fingerprint density at radius 3 is 2.29 bits per heavy atom. The Morgan fingerprint density at radius 1 is 1.86 bits per heavy atom. The van der Waals surface area contributed by atoms with Gasteiger partial charge >= 0.3 is 0 Å². The second-order valence-electron chi connectivity index (χ2n) is 1.88. The van der Waals surface area contributed by atoms with Crippen molar-refractivity contribution in [2.45, 2.75) is 26.3 Å². The maximum absolute atomic E-state index is 10.2. The van der Waals surface area contributed by atoms with Gasteiger partial charge in [-0.3, -0.25) is 4.79 Å². The van der Waals surface area contributed by atoms with Gasteiger partial charge in [0, 0.05) is 12.5 Å². The largest absolute Gasteiger partial charge is 0.328 e. The van der Waals surface area contributed by atoms with Crippen molar-refractivity contribution in [3.05, 3.63) is 0 Å². The first-order chi connectivity index (χ1) is 3.13. The third kappa shape index (κ3) is 5.63. The van der Waals surface area contributed by atoms with E-state index in [-0.39, 0.29) is 11.8 Å². The van der Waals surface area contributed by atoms with E-state index in [4.69, 9.17) is 5.73 Å². The van der Waals surface area contributed by atoms with Crippen LogP contribution in [0.5, 0.6) is 0 Å². The number of ketones is 1. The summed E-state index contributed by atoms with van der Waals surface area (Å²) in [5.41, 5.74) is 5.27. The summed E-state index contributed by atoms with van der Waals surface area (Å²) in [5, 5.41) is 0. The third-order valence-corrected chi connectivity index (χ3v) is 0.609. The van der Waals surface area contributed by atoms with Crippen molar-refractivity contribution < 1.29 is 4.79 Å². The highest BCUT2D eigenvalue weighted by molar-refractivity contribution is 5.75. The second-order valence-corrected chi connectivity index (χ2v) is 1.88. The summed E-state index contributed by atoms with van der Waals surface area (Å²) in [4.78, 5) is 10.2. The van der Waals surface area contributed by atoms with Crippen LogP contribution < -0.4 is 5.73 Å². The summed E-state index contributed by atoms with van der Waals surface area (Å²) in [6.45, 7) is 3.37. The van der Waals surface area contributed by atoms with Crippen molar-refractivity contribution in [3.8, 4) is 0 Å². The van der Waals surface area contributed by atoms with Gasteiger partial charge in [0.05, 0.1) is 0 Å². The van der Waals surface area contributed by atoms with E-state index in [1.54, 1.807) is 6.92 Å². The maximum atomic E-state index is 10.2. The minimum Gasteiger partial charge on any atom is -0.328 e. The van der Waals surface area contributed by atoms with E-state index in [1.807, 2.05) is 6.92 Å². The molecule has 2 N–H and O–H groups in total. The molecule has 0 fully saturated rings. The van der Waals surface area contributed by atoms with E-state index < -0.39 is 0 Å². The van der Waals surface area contributed by atoms with Crippen molar-refractivity contribution in [3.63, 3.8) is 0 Å². The van der Waals surface area contributed by atoms with Crippen molar-refractivity contribution in [1.82, 2.24) is 0 Å². The van der Waals surface area contributed by atoms with Gasteiger partial charge in [-0.1, -0.05) is 0 Å². The number of rotatable bonds is 2. The average Bonchev–Trinajstić information content (AvgIpc) is 1.27. The standard InChI is InChI=1S/C5H11NO/c1-4(6)3-5(2)7/h4H,3,6H2,1-2H3/t4-/m1/s1. The van der Waals surface area contributed by atoms with Gasteiger partial charge in [-0.25, -0.2) is 0 Å². The molecule has 0 aliphatic heterocycles. The summed E-state index contributed by atoms with van der Waals surface area (Å²) in [7, 11) is 0. The zero-order chi connectivity index (χ0) is 5.86. The predicted octanol–water partition coefficient (Wildman–Crippen LogP) is 0.313. The highest BCUT2D eigenvalue weighted by atomic mass is 16.1. The average molecular weight is 101 g/mol. The molecule has 2 nitrogen and oxygen atoms in total. The smallest absolute Gasteiger partial charge is 0.131 e. The Kier molecular flexibility index (Phi) is 2.60. The summed E-state index contributed by atoms with van der Waals surface area (Å²) in [6.07, 6.45) is 0.500. The van der Waals surface area contributed by atoms with Crippen LogP contribution in [0.15, 0.2) is 0 Å². The summed E-state index contributed by atoms with van der Waals surface area (Å²) >= 11 is 0. The van der Waals surface area contributed by atoms with Gasteiger partial charge in [0.2, 0.25) is 0 Å². The second kappa shape index (κ2) is 2.75. The van der Waals surface area contributed by atoms with Gasteiger partial charge in [0.1, 0.15) is 5.78 Å². The lowest BCUT2D eigenvalue weighted by atomic mass is 10.2. The first-order valence-electron chi connectivity index (χ1n) is 2.38. The van der Waals surface area contributed by atoms with Crippen molar-refractivity contribution in [1.29, 1.82) is 0 Å². The maximum Gasteiger partial charge on any atom is 0.131 e. The Bertz CT molecular complexity index is 68.5. The van der Waals surface area contributed by atoms with E-state index in [2.05, 4.69) is 0 Å². The van der Waals surface area contributed by atoms with Gasteiger partial charge in [-0.05, 0) is 13.8 Å². The number of Topliss-reactive ketones (excluding diaryl/α,β-unsaturated/α-hetero) is 1. The van der Waals surface area contributed by atoms with E-state index in [0.29, 0.717) is 6.42 Å². The van der Waals surface area contributed by atoms with Crippen LogP contribution in [0, 0.1) is 0 Å². The summed E-state index contributed by atoms with van der Waals surface area (Å²) < 4.78 is 0. The molecular weight excluding hydrogens is 90.1 g/mol. The first-order valence-corrected chi connectivity index (χ1v) is 2.38. The van der Waals surface area contributed by atoms with Crippen LogP contribution in [-0.2, 0) is 4.79 Å². The van der Waals surface area contributed by atoms with Crippen LogP contribution >= 0.6 is 0 Å². The van der Waals surface area contributed by atoms with E-state index in [1.165, 1.54) is 0 Å². The van der Waals surface area contributed by atoms with Crippen molar-refractivity contribution in [2.75, 3.05) is 0 Å². The monoisotopic (exact) mass is 101 g/mol. The summed E-state index contributed by atoms with van der Waals surface area (Å²) in [6, 6.07) is 0.0255. The molecule has 0 aromatic rings. The van der Waals surface area contributed by atoms with Gasteiger partial charge in [0.25, 0.3) is 0 Å². The van der Waals surface area contributed by atoms with Gasteiger partial charge in [-0.15, -0.1) is 0 Å². The van der Waals surface area contributed by atoms with Gasteiger partial charge in [0.15, 0.2) is 0 Å². The fourth-order valence-electron chi connectivity index (χ4n) is 0.453. The molecule has 7 heavy (non-hydrogen) atoms. The quantitative estimate of drug-likeness (QED) is 0.544. The summed E-state index contributed by atoms with van der Waals surface area (Å²) in [5.74, 6) is 0.162. The third-order valence-electron chi connectivity index (χ3n) is 0.609. The fourth-order valence-corrected chi connectivity index (χ4v) is 0.453. The highest BCUT2D eigenvalue weighted by Crippen LogP contribution is 1.84. The lowest BCUT2D eigenvalue weighted by molar-refractivity contribution is -0.117. The molecule has 1 atom stereocenters. The van der Waals surface area contributed by atoms with E-state index >= 15 is 0 Å². The molecule has 0 radical (unpaired) electrons. The molecule has 42 valence electrons. The molecule has 2 heteroatoms. The number of hydrogen-bond acceptors (Lipinski definition) is 2. The number of carbonyl (C=O) groups is 1.